The predicted molar refractivity (Wildman–Crippen MR) is 88.6 cm³/mol. The highest BCUT2D eigenvalue weighted by molar-refractivity contribution is 7.11. The number of nitrogens with one attached hydrogen (secondary N) is 3. The van der Waals surface area contributed by atoms with Gasteiger partial charge in [0.2, 0.25) is 5.95 Å². The minimum absolute atomic E-state index is 0.0969. The van der Waals surface area contributed by atoms with Crippen LogP contribution in [0.1, 0.15) is 28.0 Å². The Labute approximate surface area is 133 Å². The zero-order valence-electron chi connectivity index (χ0n) is 12.9. The van der Waals surface area contributed by atoms with Crippen molar-refractivity contribution in [3.63, 3.8) is 0 Å². The molecule has 0 bridgehead atoms. The fraction of sp³-hybridized carbons (Fsp3) is 0.429. The number of carbonyl (C=O) groups is 1. The third kappa shape index (κ3) is 4.39. The van der Waals surface area contributed by atoms with Crippen molar-refractivity contribution in [2.75, 3.05) is 30.3 Å². The van der Waals surface area contributed by atoms with Crippen LogP contribution in [0.4, 0.5) is 11.8 Å². The minimum atomic E-state index is -0.0969. The van der Waals surface area contributed by atoms with Crippen molar-refractivity contribution in [2.45, 2.75) is 20.8 Å². The molecular formula is C14H20N6OS. The van der Waals surface area contributed by atoms with E-state index in [1.807, 2.05) is 26.8 Å². The van der Waals surface area contributed by atoms with E-state index in [0.29, 0.717) is 23.9 Å². The largest absolute Gasteiger partial charge is 0.370 e. The molecule has 0 unspecified atom stereocenters. The Morgan fingerprint density at radius 1 is 1.23 bits per heavy atom. The average Bonchev–Trinajstić information content (AvgIpc) is 2.89. The molecule has 1 amide bonds. The van der Waals surface area contributed by atoms with Gasteiger partial charge in [0.25, 0.3) is 5.91 Å². The van der Waals surface area contributed by atoms with Crippen molar-refractivity contribution in [2.24, 2.45) is 0 Å². The van der Waals surface area contributed by atoms with Gasteiger partial charge >= 0.3 is 0 Å². The van der Waals surface area contributed by atoms with Crippen LogP contribution in [0.15, 0.2) is 11.6 Å². The third-order valence-electron chi connectivity index (χ3n) is 2.86. The van der Waals surface area contributed by atoms with Crippen LogP contribution < -0.4 is 16.0 Å². The van der Waals surface area contributed by atoms with Crippen molar-refractivity contribution >= 4 is 29.0 Å². The number of rotatable bonds is 7. The standard InChI is InChI=1S/C14H20N6OS/c1-4-15-11-7-9(2)19-14(20-11)17-6-5-16-13(21)12-10(3)18-8-22-12/h7-8H,4-6H2,1-3H3,(H,16,21)(H2,15,17,19,20). The first-order valence-corrected chi connectivity index (χ1v) is 7.99. The van der Waals surface area contributed by atoms with Crippen molar-refractivity contribution in [3.05, 3.63) is 27.8 Å². The summed E-state index contributed by atoms with van der Waals surface area (Å²) in [5, 5.41) is 9.11. The molecule has 0 aliphatic rings. The summed E-state index contributed by atoms with van der Waals surface area (Å²) in [6.07, 6.45) is 0. The molecule has 0 aliphatic carbocycles. The Morgan fingerprint density at radius 3 is 2.73 bits per heavy atom. The lowest BCUT2D eigenvalue weighted by atomic mass is 10.4. The van der Waals surface area contributed by atoms with Crippen LogP contribution in [0.3, 0.4) is 0 Å². The molecule has 2 aromatic rings. The van der Waals surface area contributed by atoms with Crippen molar-refractivity contribution < 1.29 is 4.79 Å². The van der Waals surface area contributed by atoms with Gasteiger partial charge in [0.15, 0.2) is 0 Å². The quantitative estimate of drug-likeness (QED) is 0.674. The van der Waals surface area contributed by atoms with Crippen molar-refractivity contribution in [1.29, 1.82) is 0 Å². The molecule has 0 saturated carbocycles. The fourth-order valence-corrected chi connectivity index (χ4v) is 2.59. The maximum atomic E-state index is 11.9. The molecule has 3 N–H and O–H groups in total. The molecule has 8 heteroatoms. The summed E-state index contributed by atoms with van der Waals surface area (Å²) in [5.74, 6) is 1.25. The molecule has 0 aliphatic heterocycles. The lowest BCUT2D eigenvalue weighted by molar-refractivity contribution is 0.0958. The molecule has 0 saturated heterocycles. The van der Waals surface area contributed by atoms with Gasteiger partial charge in [-0.15, -0.1) is 11.3 Å². The highest BCUT2D eigenvalue weighted by Gasteiger charge is 2.10. The monoisotopic (exact) mass is 320 g/mol. The van der Waals surface area contributed by atoms with Gasteiger partial charge in [-0.2, -0.15) is 4.98 Å². The van der Waals surface area contributed by atoms with Crippen molar-refractivity contribution in [3.8, 4) is 0 Å². The second-order valence-electron chi connectivity index (χ2n) is 4.70. The lowest BCUT2D eigenvalue weighted by Crippen LogP contribution is -2.29. The molecule has 0 radical (unpaired) electrons. The normalized spacial score (nSPS) is 10.3. The zero-order valence-corrected chi connectivity index (χ0v) is 13.8. The summed E-state index contributed by atoms with van der Waals surface area (Å²) in [5.41, 5.74) is 3.32. The molecular weight excluding hydrogens is 300 g/mol. The van der Waals surface area contributed by atoms with Crippen molar-refractivity contribution in [1.82, 2.24) is 20.3 Å². The van der Waals surface area contributed by atoms with Gasteiger partial charge in [0, 0.05) is 31.4 Å². The predicted octanol–water partition coefficient (Wildman–Crippen LogP) is 1.82. The summed E-state index contributed by atoms with van der Waals surface area (Å²) in [4.78, 5) is 25.3. The number of thiazole rings is 1. The van der Waals surface area contributed by atoms with Gasteiger partial charge in [-0.1, -0.05) is 0 Å². The number of hydrogen-bond donors (Lipinski definition) is 3. The Morgan fingerprint density at radius 2 is 2.05 bits per heavy atom. The van der Waals surface area contributed by atoms with Gasteiger partial charge in [0.1, 0.15) is 10.7 Å². The number of aromatic nitrogens is 3. The van der Waals surface area contributed by atoms with Gasteiger partial charge in [-0.3, -0.25) is 4.79 Å². The first-order valence-electron chi connectivity index (χ1n) is 7.12. The van der Waals surface area contributed by atoms with E-state index in [0.717, 1.165) is 23.8 Å². The van der Waals surface area contributed by atoms with Crippen LogP contribution in [-0.2, 0) is 0 Å². The van der Waals surface area contributed by atoms with Gasteiger partial charge in [0.05, 0.1) is 11.2 Å². The van der Waals surface area contributed by atoms with Crippen LogP contribution in [0.2, 0.25) is 0 Å². The van der Waals surface area contributed by atoms with Gasteiger partial charge < -0.3 is 16.0 Å². The Kier molecular flexibility index (Phi) is 5.65. The SMILES string of the molecule is CCNc1cc(C)nc(NCCNC(=O)c2scnc2C)n1. The van der Waals surface area contributed by atoms with E-state index in [2.05, 4.69) is 30.9 Å². The topological polar surface area (TPSA) is 91.8 Å². The van der Waals surface area contributed by atoms with Crippen LogP contribution in [0, 0.1) is 13.8 Å². The van der Waals surface area contributed by atoms with Gasteiger partial charge in [-0.25, -0.2) is 9.97 Å². The van der Waals surface area contributed by atoms with E-state index in [1.54, 1.807) is 5.51 Å². The molecule has 0 spiro atoms. The summed E-state index contributed by atoms with van der Waals surface area (Å²) < 4.78 is 0. The molecule has 7 nitrogen and oxygen atoms in total. The molecule has 22 heavy (non-hydrogen) atoms. The van der Waals surface area contributed by atoms with Crippen LogP contribution >= 0.6 is 11.3 Å². The molecule has 0 fully saturated rings. The summed E-state index contributed by atoms with van der Waals surface area (Å²) in [7, 11) is 0. The molecule has 118 valence electrons. The Bertz CT molecular complexity index is 642. The molecule has 2 heterocycles. The number of aryl methyl sites for hydroxylation is 2. The smallest absolute Gasteiger partial charge is 0.263 e. The summed E-state index contributed by atoms with van der Waals surface area (Å²) in [6.45, 7) is 7.61. The number of hydrogen-bond acceptors (Lipinski definition) is 7. The minimum Gasteiger partial charge on any atom is -0.370 e. The molecule has 2 aromatic heterocycles. The number of nitrogens with zero attached hydrogens (tertiary/aromatic N) is 3. The molecule has 0 atom stereocenters. The Hall–Kier alpha value is -2.22. The second-order valence-corrected chi connectivity index (χ2v) is 5.55. The summed E-state index contributed by atoms with van der Waals surface area (Å²) >= 11 is 1.34. The highest BCUT2D eigenvalue weighted by atomic mass is 32.1. The highest BCUT2D eigenvalue weighted by Crippen LogP contribution is 2.11. The van der Waals surface area contributed by atoms with E-state index in [-0.39, 0.29) is 5.91 Å². The van der Waals surface area contributed by atoms with E-state index in [1.165, 1.54) is 11.3 Å². The molecule has 0 aromatic carbocycles. The fourth-order valence-electron chi connectivity index (χ4n) is 1.87. The zero-order chi connectivity index (χ0) is 15.9. The van der Waals surface area contributed by atoms with E-state index in [4.69, 9.17) is 0 Å². The van der Waals surface area contributed by atoms with Crippen LogP contribution in [0.5, 0.6) is 0 Å². The second kappa shape index (κ2) is 7.69. The third-order valence-corrected chi connectivity index (χ3v) is 3.78. The maximum Gasteiger partial charge on any atom is 0.263 e. The number of anilines is 2. The van der Waals surface area contributed by atoms with Crippen LogP contribution in [-0.4, -0.2) is 40.5 Å². The first kappa shape index (κ1) is 16.2. The van der Waals surface area contributed by atoms with E-state index >= 15 is 0 Å². The Balaban J connectivity index is 1.81. The van der Waals surface area contributed by atoms with Gasteiger partial charge in [-0.05, 0) is 20.8 Å². The number of carbonyl (C=O) groups excluding carboxylic acids is 1. The number of amides is 1. The van der Waals surface area contributed by atoms with E-state index in [9.17, 15) is 4.79 Å². The van der Waals surface area contributed by atoms with E-state index < -0.39 is 0 Å². The molecule has 2 rings (SSSR count). The first-order chi connectivity index (χ1) is 10.6. The summed E-state index contributed by atoms with van der Waals surface area (Å²) in [6, 6.07) is 1.89. The van der Waals surface area contributed by atoms with Crippen LogP contribution in [0.25, 0.3) is 0 Å². The lowest BCUT2D eigenvalue weighted by Gasteiger charge is -2.09. The maximum absolute atomic E-state index is 11.9. The average molecular weight is 320 g/mol.